The van der Waals surface area contributed by atoms with Crippen molar-refractivity contribution in [2.24, 2.45) is 7.05 Å². The third-order valence-corrected chi connectivity index (χ3v) is 2.67. The average Bonchev–Trinajstić information content (AvgIpc) is 2.70. The molecule has 2 aromatic rings. The normalized spacial score (nSPS) is 12.8. The zero-order chi connectivity index (χ0) is 15.1. The van der Waals surface area contributed by atoms with Crippen molar-refractivity contribution in [3.8, 4) is 11.3 Å². The van der Waals surface area contributed by atoms with Crippen LogP contribution in [0.4, 0.5) is 13.2 Å². The average molecular weight is 286 g/mol. The van der Waals surface area contributed by atoms with Gasteiger partial charge in [0.2, 0.25) is 0 Å². The van der Waals surface area contributed by atoms with Crippen LogP contribution in [0, 0.1) is 0 Å². The van der Waals surface area contributed by atoms with Gasteiger partial charge >= 0.3 is 6.18 Å². The summed E-state index contributed by atoms with van der Waals surface area (Å²) in [5.74, 6) is 0.194. The molecular formula is C12H13F3N4O. The van der Waals surface area contributed by atoms with Gasteiger partial charge in [-0.15, -0.1) is 0 Å². The summed E-state index contributed by atoms with van der Waals surface area (Å²) in [6.45, 7) is 3.04. The molecule has 0 unspecified atom stereocenters. The van der Waals surface area contributed by atoms with E-state index >= 15 is 0 Å². The lowest BCUT2D eigenvalue weighted by Gasteiger charge is -2.14. The van der Waals surface area contributed by atoms with Gasteiger partial charge in [-0.2, -0.15) is 18.3 Å². The number of rotatable bonds is 2. The van der Waals surface area contributed by atoms with Crippen molar-refractivity contribution in [2.75, 3.05) is 0 Å². The van der Waals surface area contributed by atoms with Gasteiger partial charge in [0.1, 0.15) is 5.60 Å². The number of alkyl halides is 3. The van der Waals surface area contributed by atoms with Crippen molar-refractivity contribution in [1.29, 1.82) is 0 Å². The molecule has 5 nitrogen and oxygen atoms in total. The Morgan fingerprint density at radius 2 is 1.70 bits per heavy atom. The van der Waals surface area contributed by atoms with Crippen LogP contribution in [0.25, 0.3) is 11.3 Å². The first-order valence-electron chi connectivity index (χ1n) is 5.75. The Labute approximate surface area is 113 Å². The Morgan fingerprint density at radius 3 is 2.10 bits per heavy atom. The quantitative estimate of drug-likeness (QED) is 0.918. The standard InChI is InChI=1S/C12H13F3N4O/c1-11(2,20)10-16-5-7(6-17-10)8-4-9(12(13,14)15)18-19(8)3/h4-6,20H,1-3H3. The lowest BCUT2D eigenvalue weighted by atomic mass is 10.1. The molecule has 0 aliphatic heterocycles. The molecule has 108 valence electrons. The Kier molecular flexibility index (Phi) is 3.29. The Morgan fingerprint density at radius 1 is 1.15 bits per heavy atom. The summed E-state index contributed by atoms with van der Waals surface area (Å²) in [6.07, 6.45) is -1.78. The minimum Gasteiger partial charge on any atom is -0.382 e. The molecule has 2 rings (SSSR count). The molecule has 0 atom stereocenters. The van der Waals surface area contributed by atoms with Crippen LogP contribution < -0.4 is 0 Å². The van der Waals surface area contributed by atoms with E-state index in [4.69, 9.17) is 0 Å². The van der Waals surface area contributed by atoms with Crippen LogP contribution in [0.3, 0.4) is 0 Å². The van der Waals surface area contributed by atoms with Gasteiger partial charge < -0.3 is 5.11 Å². The van der Waals surface area contributed by atoms with E-state index in [2.05, 4.69) is 15.1 Å². The highest BCUT2D eigenvalue weighted by molar-refractivity contribution is 5.57. The second kappa shape index (κ2) is 4.55. The maximum atomic E-state index is 12.6. The molecule has 0 radical (unpaired) electrons. The topological polar surface area (TPSA) is 63.8 Å². The summed E-state index contributed by atoms with van der Waals surface area (Å²) < 4.78 is 38.8. The zero-order valence-corrected chi connectivity index (χ0v) is 11.1. The van der Waals surface area contributed by atoms with Crippen molar-refractivity contribution in [1.82, 2.24) is 19.7 Å². The number of halogens is 3. The molecule has 8 heteroatoms. The van der Waals surface area contributed by atoms with E-state index in [-0.39, 0.29) is 11.5 Å². The van der Waals surface area contributed by atoms with Crippen LogP contribution in [0.1, 0.15) is 25.4 Å². The van der Waals surface area contributed by atoms with Gasteiger partial charge in [0.15, 0.2) is 11.5 Å². The molecule has 0 aromatic carbocycles. The van der Waals surface area contributed by atoms with E-state index in [0.717, 1.165) is 10.7 Å². The van der Waals surface area contributed by atoms with Crippen molar-refractivity contribution in [3.63, 3.8) is 0 Å². The molecule has 0 fully saturated rings. The number of aromatic nitrogens is 4. The minimum absolute atomic E-state index is 0.194. The summed E-state index contributed by atoms with van der Waals surface area (Å²) in [5.41, 5.74) is -1.54. The Hall–Kier alpha value is -1.96. The van der Waals surface area contributed by atoms with E-state index in [0.29, 0.717) is 5.56 Å². The van der Waals surface area contributed by atoms with Crippen molar-refractivity contribution in [3.05, 3.63) is 30.0 Å². The van der Waals surface area contributed by atoms with E-state index < -0.39 is 17.5 Å². The van der Waals surface area contributed by atoms with E-state index in [1.165, 1.54) is 33.3 Å². The fourth-order valence-electron chi connectivity index (χ4n) is 1.65. The van der Waals surface area contributed by atoms with Crippen molar-refractivity contribution in [2.45, 2.75) is 25.6 Å². The molecular weight excluding hydrogens is 273 g/mol. The number of hydrogen-bond donors (Lipinski definition) is 1. The highest BCUT2D eigenvalue weighted by Crippen LogP contribution is 2.31. The first kappa shape index (κ1) is 14.4. The molecule has 0 spiro atoms. The third kappa shape index (κ3) is 2.79. The number of hydrogen-bond acceptors (Lipinski definition) is 4. The van der Waals surface area contributed by atoms with Gasteiger partial charge in [-0.3, -0.25) is 4.68 Å². The monoisotopic (exact) mass is 286 g/mol. The molecule has 0 amide bonds. The van der Waals surface area contributed by atoms with E-state index in [9.17, 15) is 18.3 Å². The van der Waals surface area contributed by atoms with Crippen molar-refractivity contribution < 1.29 is 18.3 Å². The molecule has 0 saturated carbocycles. The summed E-state index contributed by atoms with van der Waals surface area (Å²) >= 11 is 0. The summed E-state index contributed by atoms with van der Waals surface area (Å²) in [6, 6.07) is 0.933. The highest BCUT2D eigenvalue weighted by atomic mass is 19.4. The van der Waals surface area contributed by atoms with Gasteiger partial charge in [-0.05, 0) is 19.9 Å². The number of aryl methyl sites for hydroxylation is 1. The van der Waals surface area contributed by atoms with Crippen LogP contribution in [0.15, 0.2) is 18.5 Å². The van der Waals surface area contributed by atoms with E-state index in [1.54, 1.807) is 0 Å². The molecule has 0 saturated heterocycles. The van der Waals surface area contributed by atoms with Crippen LogP contribution in [0.2, 0.25) is 0 Å². The van der Waals surface area contributed by atoms with Crippen LogP contribution in [-0.2, 0) is 18.8 Å². The van der Waals surface area contributed by atoms with E-state index in [1.807, 2.05) is 0 Å². The highest BCUT2D eigenvalue weighted by Gasteiger charge is 2.34. The summed E-state index contributed by atoms with van der Waals surface area (Å²) in [4.78, 5) is 7.91. The first-order valence-corrected chi connectivity index (χ1v) is 5.75. The largest absolute Gasteiger partial charge is 0.435 e. The van der Waals surface area contributed by atoms with Crippen LogP contribution >= 0.6 is 0 Å². The van der Waals surface area contributed by atoms with Gasteiger partial charge in [0.05, 0.1) is 5.69 Å². The maximum absolute atomic E-state index is 12.6. The predicted octanol–water partition coefficient (Wildman–Crippen LogP) is 2.12. The Balaban J connectivity index is 2.40. The van der Waals surface area contributed by atoms with Gasteiger partial charge in [-0.1, -0.05) is 0 Å². The van der Waals surface area contributed by atoms with Gasteiger partial charge in [-0.25, -0.2) is 9.97 Å². The Bertz CT molecular complexity index is 611. The maximum Gasteiger partial charge on any atom is 0.435 e. The minimum atomic E-state index is -4.50. The molecule has 0 bridgehead atoms. The van der Waals surface area contributed by atoms with Gasteiger partial charge in [0, 0.05) is 25.0 Å². The molecule has 1 N–H and O–H groups in total. The lowest BCUT2D eigenvalue weighted by Crippen LogP contribution is -2.19. The van der Waals surface area contributed by atoms with Crippen LogP contribution in [-0.4, -0.2) is 24.9 Å². The van der Waals surface area contributed by atoms with Gasteiger partial charge in [0.25, 0.3) is 0 Å². The molecule has 0 aliphatic rings. The number of aliphatic hydroxyl groups is 1. The fraction of sp³-hybridized carbons (Fsp3) is 0.417. The third-order valence-electron chi connectivity index (χ3n) is 2.67. The first-order chi connectivity index (χ1) is 9.09. The lowest BCUT2D eigenvalue weighted by molar-refractivity contribution is -0.141. The molecule has 2 heterocycles. The second-order valence-electron chi connectivity index (χ2n) is 4.89. The number of nitrogens with zero attached hydrogens (tertiary/aromatic N) is 4. The predicted molar refractivity (Wildman–Crippen MR) is 64.5 cm³/mol. The SMILES string of the molecule is Cn1nc(C(F)(F)F)cc1-c1cnc(C(C)(C)O)nc1. The smallest absolute Gasteiger partial charge is 0.382 e. The second-order valence-corrected chi connectivity index (χ2v) is 4.89. The molecule has 0 aliphatic carbocycles. The van der Waals surface area contributed by atoms with Crippen LogP contribution in [0.5, 0.6) is 0 Å². The zero-order valence-electron chi connectivity index (χ0n) is 11.1. The molecule has 2 aromatic heterocycles. The molecule has 20 heavy (non-hydrogen) atoms. The van der Waals surface area contributed by atoms with Crippen molar-refractivity contribution >= 4 is 0 Å². The summed E-state index contributed by atoms with van der Waals surface area (Å²) in [5, 5.41) is 13.1. The fourth-order valence-corrected chi connectivity index (χ4v) is 1.65. The summed E-state index contributed by atoms with van der Waals surface area (Å²) in [7, 11) is 1.41.